The van der Waals surface area contributed by atoms with Crippen molar-refractivity contribution in [3.05, 3.63) is 77.4 Å². The van der Waals surface area contributed by atoms with E-state index in [0.29, 0.717) is 17.2 Å². The highest BCUT2D eigenvalue weighted by Crippen LogP contribution is 2.38. The Bertz CT molecular complexity index is 1010. The summed E-state index contributed by atoms with van der Waals surface area (Å²) in [7, 11) is 4.75. The van der Waals surface area contributed by atoms with Gasteiger partial charge in [0.25, 0.3) is 0 Å². The zero-order valence-corrected chi connectivity index (χ0v) is 16.0. The maximum Gasteiger partial charge on any atom is 0.203 e. The molecule has 0 aromatic heterocycles. The van der Waals surface area contributed by atoms with Crippen molar-refractivity contribution in [2.24, 2.45) is 10.2 Å². The van der Waals surface area contributed by atoms with Gasteiger partial charge in [-0.15, -0.1) is 5.10 Å². The highest BCUT2D eigenvalue weighted by molar-refractivity contribution is 6.24. The number of benzene rings is 3. The number of hydrogen-bond acceptors (Lipinski definition) is 5. The van der Waals surface area contributed by atoms with E-state index in [1.807, 2.05) is 36.4 Å². The molecule has 0 unspecified atom stereocenters. The van der Waals surface area contributed by atoms with Crippen molar-refractivity contribution in [1.29, 1.82) is 0 Å². The first-order chi connectivity index (χ1) is 13.8. The van der Waals surface area contributed by atoms with Crippen molar-refractivity contribution in [1.82, 2.24) is 0 Å². The molecule has 1 aliphatic carbocycles. The van der Waals surface area contributed by atoms with Gasteiger partial charge in [-0.2, -0.15) is 5.10 Å². The molecule has 4 rings (SSSR count). The molecule has 0 aliphatic heterocycles. The Morgan fingerprint density at radius 1 is 0.679 bits per heavy atom. The molecule has 3 aromatic carbocycles. The standard InChI is InChI=1S/C23H20N2O3/c1-26-20-12-15(13-21(27-2)23(20)28-3)14-24-25-22-18-10-6-4-8-16(18)17-9-5-7-11-19(17)22/h4-14H,1-3H3/b24-14+. The van der Waals surface area contributed by atoms with Crippen molar-refractivity contribution in [3.8, 4) is 28.4 Å². The molecule has 0 amide bonds. The highest BCUT2D eigenvalue weighted by atomic mass is 16.5. The topological polar surface area (TPSA) is 52.4 Å². The van der Waals surface area contributed by atoms with Crippen LogP contribution in [0, 0.1) is 0 Å². The quantitative estimate of drug-likeness (QED) is 0.381. The minimum absolute atomic E-state index is 0.548. The number of fused-ring (bicyclic) bond motifs is 3. The van der Waals surface area contributed by atoms with Gasteiger partial charge in [-0.3, -0.25) is 0 Å². The largest absolute Gasteiger partial charge is 0.493 e. The van der Waals surface area contributed by atoms with Crippen LogP contribution in [0.5, 0.6) is 17.2 Å². The predicted molar refractivity (Wildman–Crippen MR) is 111 cm³/mol. The van der Waals surface area contributed by atoms with E-state index in [0.717, 1.165) is 22.4 Å². The van der Waals surface area contributed by atoms with E-state index in [4.69, 9.17) is 14.2 Å². The lowest BCUT2D eigenvalue weighted by Gasteiger charge is -2.12. The van der Waals surface area contributed by atoms with Crippen LogP contribution in [0.25, 0.3) is 11.1 Å². The first kappa shape index (κ1) is 17.8. The van der Waals surface area contributed by atoms with Crippen LogP contribution in [-0.2, 0) is 0 Å². The van der Waals surface area contributed by atoms with Crippen molar-refractivity contribution >= 4 is 11.9 Å². The summed E-state index contributed by atoms with van der Waals surface area (Å²) in [6.45, 7) is 0. The van der Waals surface area contributed by atoms with Crippen molar-refractivity contribution < 1.29 is 14.2 Å². The van der Waals surface area contributed by atoms with Crippen molar-refractivity contribution in [2.75, 3.05) is 21.3 Å². The van der Waals surface area contributed by atoms with Gasteiger partial charge < -0.3 is 14.2 Å². The number of ether oxygens (including phenoxy) is 3. The third-order valence-electron chi connectivity index (χ3n) is 4.71. The number of nitrogens with zero attached hydrogens (tertiary/aromatic N) is 2. The Hall–Kier alpha value is -3.60. The van der Waals surface area contributed by atoms with Crippen LogP contribution in [-0.4, -0.2) is 33.3 Å². The lowest BCUT2D eigenvalue weighted by molar-refractivity contribution is 0.324. The molecule has 1 aliphatic rings. The zero-order valence-electron chi connectivity index (χ0n) is 16.0. The smallest absolute Gasteiger partial charge is 0.203 e. The van der Waals surface area contributed by atoms with Crippen molar-refractivity contribution in [3.63, 3.8) is 0 Å². The normalized spacial score (nSPS) is 11.9. The number of rotatable bonds is 5. The number of hydrogen-bond donors (Lipinski definition) is 0. The Kier molecular flexibility index (Phi) is 4.81. The lowest BCUT2D eigenvalue weighted by atomic mass is 10.1. The molecule has 0 spiro atoms. The van der Waals surface area contributed by atoms with Gasteiger partial charge in [0, 0.05) is 16.7 Å². The first-order valence-electron chi connectivity index (χ1n) is 8.87. The van der Waals surface area contributed by atoms with Crippen LogP contribution < -0.4 is 14.2 Å². The van der Waals surface area contributed by atoms with Gasteiger partial charge in [0.05, 0.1) is 27.5 Å². The summed E-state index contributed by atoms with van der Waals surface area (Å²) in [5.41, 5.74) is 6.21. The fourth-order valence-electron chi connectivity index (χ4n) is 3.43. The first-order valence-corrected chi connectivity index (χ1v) is 8.87. The third-order valence-corrected chi connectivity index (χ3v) is 4.71. The summed E-state index contributed by atoms with van der Waals surface area (Å²) in [5.74, 6) is 1.70. The molecule has 0 radical (unpaired) electrons. The summed E-state index contributed by atoms with van der Waals surface area (Å²) < 4.78 is 16.1. The minimum atomic E-state index is 0.548. The fourth-order valence-corrected chi connectivity index (χ4v) is 3.43. The Morgan fingerprint density at radius 3 is 1.64 bits per heavy atom. The molecule has 0 fully saturated rings. The van der Waals surface area contributed by atoms with E-state index in [1.165, 1.54) is 11.1 Å². The maximum absolute atomic E-state index is 5.39. The molecule has 28 heavy (non-hydrogen) atoms. The van der Waals surface area contributed by atoms with Crippen LogP contribution in [0.4, 0.5) is 0 Å². The zero-order chi connectivity index (χ0) is 19.5. The summed E-state index contributed by atoms with van der Waals surface area (Å²) in [6, 6.07) is 20.1. The second-order valence-corrected chi connectivity index (χ2v) is 6.24. The summed E-state index contributed by atoms with van der Waals surface area (Å²) in [5, 5.41) is 8.87. The molecule has 5 nitrogen and oxygen atoms in total. The minimum Gasteiger partial charge on any atom is -0.493 e. The van der Waals surface area contributed by atoms with Gasteiger partial charge >= 0.3 is 0 Å². The van der Waals surface area contributed by atoms with Gasteiger partial charge in [0.15, 0.2) is 11.5 Å². The summed E-state index contributed by atoms with van der Waals surface area (Å²) in [6.07, 6.45) is 1.68. The molecule has 0 atom stereocenters. The van der Waals surface area contributed by atoms with E-state index in [9.17, 15) is 0 Å². The van der Waals surface area contributed by atoms with Crippen LogP contribution in [0.2, 0.25) is 0 Å². The molecule has 140 valence electrons. The number of methoxy groups -OCH3 is 3. The molecule has 0 saturated heterocycles. The molecule has 5 heteroatoms. The average molecular weight is 372 g/mol. The summed E-state index contributed by atoms with van der Waals surface area (Å²) >= 11 is 0. The van der Waals surface area contributed by atoms with E-state index in [1.54, 1.807) is 27.5 Å². The van der Waals surface area contributed by atoms with Crippen LogP contribution in [0.3, 0.4) is 0 Å². The SMILES string of the molecule is COc1cc(/C=N/N=C2c3ccccc3-c3ccccc32)cc(OC)c1OC. The van der Waals surface area contributed by atoms with Crippen molar-refractivity contribution in [2.45, 2.75) is 0 Å². The van der Waals surface area contributed by atoms with Gasteiger partial charge in [-0.05, 0) is 23.3 Å². The van der Waals surface area contributed by atoms with Crippen LogP contribution in [0.15, 0.2) is 70.9 Å². The Labute approximate surface area is 163 Å². The van der Waals surface area contributed by atoms with E-state index in [2.05, 4.69) is 34.5 Å². The highest BCUT2D eigenvalue weighted by Gasteiger charge is 2.23. The van der Waals surface area contributed by atoms with Gasteiger partial charge in [-0.25, -0.2) is 0 Å². The molecule has 3 aromatic rings. The van der Waals surface area contributed by atoms with Crippen LogP contribution >= 0.6 is 0 Å². The Balaban J connectivity index is 1.73. The molecule has 0 N–H and O–H groups in total. The van der Waals surface area contributed by atoms with E-state index >= 15 is 0 Å². The fraction of sp³-hybridized carbons (Fsp3) is 0.130. The monoisotopic (exact) mass is 372 g/mol. The third kappa shape index (κ3) is 3.01. The van der Waals surface area contributed by atoms with Gasteiger partial charge in [0.1, 0.15) is 5.71 Å². The molecule has 0 heterocycles. The average Bonchev–Trinajstić information content (AvgIpc) is 3.07. The molecular formula is C23H20N2O3. The lowest BCUT2D eigenvalue weighted by Crippen LogP contribution is -1.98. The second-order valence-electron chi connectivity index (χ2n) is 6.24. The maximum atomic E-state index is 5.39. The van der Waals surface area contributed by atoms with E-state index in [-0.39, 0.29) is 0 Å². The summed E-state index contributed by atoms with van der Waals surface area (Å²) in [4.78, 5) is 0. The predicted octanol–water partition coefficient (Wildman–Crippen LogP) is 4.56. The molecule has 0 bridgehead atoms. The molecule has 0 saturated carbocycles. The van der Waals surface area contributed by atoms with Crippen LogP contribution in [0.1, 0.15) is 16.7 Å². The van der Waals surface area contributed by atoms with Gasteiger partial charge in [0.2, 0.25) is 5.75 Å². The molecular weight excluding hydrogens is 352 g/mol. The van der Waals surface area contributed by atoms with Gasteiger partial charge in [-0.1, -0.05) is 48.5 Å². The Morgan fingerprint density at radius 2 is 1.18 bits per heavy atom. The van der Waals surface area contributed by atoms with E-state index < -0.39 is 0 Å². The second kappa shape index (κ2) is 7.56.